The van der Waals surface area contributed by atoms with Crippen LogP contribution >= 0.6 is 0 Å². The van der Waals surface area contributed by atoms with Crippen molar-refractivity contribution in [3.05, 3.63) is 11.9 Å². The Hall–Kier alpha value is -1.43. The van der Waals surface area contributed by atoms with Crippen LogP contribution < -0.4 is 5.73 Å². The molecule has 0 fully saturated rings. The van der Waals surface area contributed by atoms with Gasteiger partial charge in [0, 0.05) is 19.6 Å². The van der Waals surface area contributed by atoms with E-state index < -0.39 is 0 Å². The molecule has 0 atom stereocenters. The summed E-state index contributed by atoms with van der Waals surface area (Å²) in [5.74, 6) is 0.655. The predicted molar refractivity (Wildman–Crippen MR) is 74.2 cm³/mol. The molecule has 0 unspecified atom stereocenters. The minimum atomic E-state index is 0.0860. The summed E-state index contributed by atoms with van der Waals surface area (Å²) >= 11 is 0. The third-order valence-electron chi connectivity index (χ3n) is 3.46. The number of likely N-dealkylation sites (N-methyl/N-ethyl adjacent to an activating group) is 1. The van der Waals surface area contributed by atoms with Gasteiger partial charge in [-0.05, 0) is 12.8 Å². The Kier molecular flexibility index (Phi) is 6.49. The van der Waals surface area contributed by atoms with Gasteiger partial charge in [0.25, 0.3) is 0 Å². The molecule has 1 rings (SSSR count). The van der Waals surface area contributed by atoms with E-state index in [-0.39, 0.29) is 12.5 Å². The Labute approximate surface area is 115 Å². The summed E-state index contributed by atoms with van der Waals surface area (Å²) in [4.78, 5) is 14.1. The number of carbonyl (C=O) groups is 1. The van der Waals surface area contributed by atoms with Crippen molar-refractivity contribution in [2.24, 2.45) is 11.7 Å². The number of rotatable bonds is 8. The van der Waals surface area contributed by atoms with Gasteiger partial charge < -0.3 is 10.6 Å². The normalized spacial score (nSPS) is 11.0. The zero-order valence-corrected chi connectivity index (χ0v) is 12.2. The molecule has 0 aliphatic heterocycles. The van der Waals surface area contributed by atoms with Gasteiger partial charge in [-0.3, -0.25) is 4.79 Å². The molecule has 0 spiro atoms. The van der Waals surface area contributed by atoms with Gasteiger partial charge >= 0.3 is 0 Å². The minimum absolute atomic E-state index is 0.0860. The Balaban J connectivity index is 2.58. The second-order valence-corrected chi connectivity index (χ2v) is 4.73. The van der Waals surface area contributed by atoms with Crippen LogP contribution in [0.5, 0.6) is 0 Å². The highest BCUT2D eigenvalue weighted by atomic mass is 16.2. The molecule has 1 amide bonds. The fraction of sp³-hybridized carbons (Fsp3) is 0.769. The van der Waals surface area contributed by atoms with Gasteiger partial charge in [-0.25, -0.2) is 4.68 Å². The van der Waals surface area contributed by atoms with Crippen molar-refractivity contribution < 1.29 is 4.79 Å². The van der Waals surface area contributed by atoms with Gasteiger partial charge in [-0.15, -0.1) is 5.10 Å². The van der Waals surface area contributed by atoms with Crippen LogP contribution in [0, 0.1) is 5.92 Å². The van der Waals surface area contributed by atoms with Crippen LogP contribution in [-0.2, 0) is 17.9 Å². The van der Waals surface area contributed by atoms with Crippen LogP contribution in [0.4, 0.5) is 0 Å². The quantitative estimate of drug-likeness (QED) is 0.763. The third-order valence-corrected chi connectivity index (χ3v) is 3.46. The van der Waals surface area contributed by atoms with E-state index in [1.807, 2.05) is 11.8 Å². The molecule has 2 N–H and O–H groups in total. The second-order valence-electron chi connectivity index (χ2n) is 4.73. The van der Waals surface area contributed by atoms with Crippen LogP contribution in [0.2, 0.25) is 0 Å². The molecule has 0 radical (unpaired) electrons. The molecule has 0 aromatic carbocycles. The molecule has 0 saturated carbocycles. The Bertz CT molecular complexity index is 386. The summed E-state index contributed by atoms with van der Waals surface area (Å²) in [6.45, 7) is 8.47. The number of nitrogens with two attached hydrogens (primary N) is 1. The van der Waals surface area contributed by atoms with E-state index in [1.165, 1.54) is 0 Å². The first-order valence-electron chi connectivity index (χ1n) is 7.01. The topological polar surface area (TPSA) is 77.0 Å². The van der Waals surface area contributed by atoms with E-state index in [9.17, 15) is 4.79 Å². The van der Waals surface area contributed by atoms with Gasteiger partial charge in [0.2, 0.25) is 5.91 Å². The van der Waals surface area contributed by atoms with Gasteiger partial charge in [0.05, 0.1) is 11.9 Å². The molecule has 1 aromatic rings. The summed E-state index contributed by atoms with van der Waals surface area (Å²) in [5, 5.41) is 7.79. The highest BCUT2D eigenvalue weighted by Gasteiger charge is 2.16. The molecule has 19 heavy (non-hydrogen) atoms. The number of nitrogens with zero attached hydrogens (tertiary/aromatic N) is 4. The first-order chi connectivity index (χ1) is 9.14. The lowest BCUT2D eigenvalue weighted by atomic mass is 10.0. The maximum absolute atomic E-state index is 12.2. The van der Waals surface area contributed by atoms with Crippen molar-refractivity contribution in [3.8, 4) is 0 Å². The van der Waals surface area contributed by atoms with Crippen LogP contribution in [0.3, 0.4) is 0 Å². The van der Waals surface area contributed by atoms with Gasteiger partial charge in [-0.1, -0.05) is 31.9 Å². The predicted octanol–water partition coefficient (Wildman–Crippen LogP) is 1.02. The largest absolute Gasteiger partial charge is 0.341 e. The van der Waals surface area contributed by atoms with Crippen molar-refractivity contribution in [3.63, 3.8) is 0 Å². The molecule has 6 heteroatoms. The van der Waals surface area contributed by atoms with Crippen LogP contribution in [-0.4, -0.2) is 38.9 Å². The fourth-order valence-corrected chi connectivity index (χ4v) is 2.01. The molecule has 1 heterocycles. The van der Waals surface area contributed by atoms with Crippen molar-refractivity contribution in [1.82, 2.24) is 19.9 Å². The highest BCUT2D eigenvalue weighted by Crippen LogP contribution is 2.10. The summed E-state index contributed by atoms with van der Waals surface area (Å²) < 4.78 is 1.56. The first kappa shape index (κ1) is 15.6. The summed E-state index contributed by atoms with van der Waals surface area (Å²) in [6.07, 6.45) is 3.92. The first-order valence-corrected chi connectivity index (χ1v) is 7.01. The molecular formula is C13H25N5O. The van der Waals surface area contributed by atoms with Crippen molar-refractivity contribution in [2.75, 3.05) is 13.1 Å². The Morgan fingerprint density at radius 1 is 1.42 bits per heavy atom. The molecule has 0 saturated heterocycles. The van der Waals surface area contributed by atoms with Crippen molar-refractivity contribution >= 4 is 5.91 Å². The summed E-state index contributed by atoms with van der Waals surface area (Å²) in [7, 11) is 0. The number of hydrogen-bond donors (Lipinski definition) is 1. The zero-order valence-electron chi connectivity index (χ0n) is 12.2. The fourth-order valence-electron chi connectivity index (χ4n) is 2.01. The van der Waals surface area contributed by atoms with Crippen molar-refractivity contribution in [2.45, 2.75) is 46.7 Å². The molecule has 0 bridgehead atoms. The molecule has 108 valence electrons. The monoisotopic (exact) mass is 267 g/mol. The summed E-state index contributed by atoms with van der Waals surface area (Å²) in [6, 6.07) is 0. The number of amides is 1. The van der Waals surface area contributed by atoms with E-state index in [1.54, 1.807) is 10.9 Å². The van der Waals surface area contributed by atoms with Crippen LogP contribution in [0.15, 0.2) is 6.20 Å². The molecule has 1 aromatic heterocycles. The van der Waals surface area contributed by atoms with Gasteiger partial charge in [0.1, 0.15) is 6.54 Å². The maximum atomic E-state index is 12.2. The van der Waals surface area contributed by atoms with Crippen LogP contribution in [0.25, 0.3) is 0 Å². The van der Waals surface area contributed by atoms with Gasteiger partial charge in [-0.2, -0.15) is 0 Å². The van der Waals surface area contributed by atoms with E-state index in [0.29, 0.717) is 18.2 Å². The third kappa shape index (κ3) is 4.63. The van der Waals surface area contributed by atoms with E-state index in [4.69, 9.17) is 5.73 Å². The average molecular weight is 267 g/mol. The lowest BCUT2D eigenvalue weighted by molar-refractivity contribution is -0.132. The summed E-state index contributed by atoms with van der Waals surface area (Å²) in [5.41, 5.74) is 6.18. The molecule has 0 aliphatic rings. The lowest BCUT2D eigenvalue weighted by Gasteiger charge is -2.25. The lowest BCUT2D eigenvalue weighted by Crippen LogP contribution is -2.37. The number of hydrogen-bond acceptors (Lipinski definition) is 4. The van der Waals surface area contributed by atoms with Crippen LogP contribution in [0.1, 0.15) is 39.3 Å². The average Bonchev–Trinajstić information content (AvgIpc) is 2.87. The molecule has 0 aliphatic carbocycles. The standard InChI is InChI=1S/C13H25N5O/c1-4-11(5-2)8-17(6-3)13(19)10-18-9-12(7-14)15-16-18/h9,11H,4-8,10,14H2,1-3H3. The van der Waals surface area contributed by atoms with E-state index >= 15 is 0 Å². The van der Waals surface area contributed by atoms with E-state index in [0.717, 1.165) is 25.9 Å². The second kappa shape index (κ2) is 7.89. The number of aromatic nitrogens is 3. The van der Waals surface area contributed by atoms with Crippen molar-refractivity contribution in [1.29, 1.82) is 0 Å². The zero-order chi connectivity index (χ0) is 14.3. The van der Waals surface area contributed by atoms with Gasteiger partial charge in [0.15, 0.2) is 0 Å². The smallest absolute Gasteiger partial charge is 0.244 e. The maximum Gasteiger partial charge on any atom is 0.244 e. The molecular weight excluding hydrogens is 242 g/mol. The Morgan fingerprint density at radius 3 is 2.58 bits per heavy atom. The minimum Gasteiger partial charge on any atom is -0.341 e. The Morgan fingerprint density at radius 2 is 2.11 bits per heavy atom. The SMILES string of the molecule is CCC(CC)CN(CC)C(=O)Cn1cc(CN)nn1. The highest BCUT2D eigenvalue weighted by molar-refractivity contribution is 5.75. The van der Waals surface area contributed by atoms with E-state index in [2.05, 4.69) is 24.2 Å². The number of carbonyl (C=O) groups excluding carboxylic acids is 1. The molecule has 6 nitrogen and oxygen atoms in total.